The number of carbonyl (C=O) groups excluding carboxylic acids is 2. The molecule has 0 aliphatic carbocycles. The standard InChI is InChI=1S/C20H17N5O2/c26-18(23-14-7-8-16-13(12-14)4-3-10-21-16)9-11-22-20(27)19-15-5-1-2-6-17(15)24-25-19/h1-8,10,12H,9,11H2,(H,22,27)(H,23,26)(H,24,25). The molecule has 2 aromatic heterocycles. The van der Waals surface area contributed by atoms with Gasteiger partial charge >= 0.3 is 0 Å². The molecule has 0 aliphatic heterocycles. The summed E-state index contributed by atoms with van der Waals surface area (Å²) in [5.41, 5.74) is 2.69. The van der Waals surface area contributed by atoms with Gasteiger partial charge in [-0.1, -0.05) is 24.3 Å². The van der Waals surface area contributed by atoms with E-state index in [1.54, 1.807) is 6.20 Å². The number of nitrogens with zero attached hydrogens (tertiary/aromatic N) is 2. The predicted octanol–water partition coefficient (Wildman–Crippen LogP) is 2.87. The highest BCUT2D eigenvalue weighted by molar-refractivity contribution is 6.04. The van der Waals surface area contributed by atoms with Crippen molar-refractivity contribution >= 4 is 39.3 Å². The maximum atomic E-state index is 12.3. The van der Waals surface area contributed by atoms with Crippen LogP contribution in [-0.4, -0.2) is 33.5 Å². The summed E-state index contributed by atoms with van der Waals surface area (Å²) in [6, 6.07) is 16.7. The number of anilines is 1. The van der Waals surface area contributed by atoms with E-state index in [4.69, 9.17) is 0 Å². The van der Waals surface area contributed by atoms with Crippen LogP contribution in [0.2, 0.25) is 0 Å². The molecule has 27 heavy (non-hydrogen) atoms. The zero-order chi connectivity index (χ0) is 18.6. The molecule has 0 fully saturated rings. The Morgan fingerprint density at radius 2 is 1.93 bits per heavy atom. The van der Waals surface area contributed by atoms with E-state index in [2.05, 4.69) is 25.8 Å². The molecule has 4 aromatic rings. The van der Waals surface area contributed by atoms with Crippen LogP contribution in [0.4, 0.5) is 5.69 Å². The lowest BCUT2D eigenvalue weighted by Crippen LogP contribution is -2.28. The molecule has 2 heterocycles. The number of nitrogens with one attached hydrogen (secondary N) is 3. The molecule has 0 bridgehead atoms. The molecule has 134 valence electrons. The van der Waals surface area contributed by atoms with Crippen LogP contribution >= 0.6 is 0 Å². The first kappa shape index (κ1) is 16.7. The summed E-state index contributed by atoms with van der Waals surface area (Å²) in [5.74, 6) is -0.484. The van der Waals surface area contributed by atoms with Crippen molar-refractivity contribution in [3.8, 4) is 0 Å². The van der Waals surface area contributed by atoms with Crippen LogP contribution in [0.15, 0.2) is 60.8 Å². The van der Waals surface area contributed by atoms with Crippen molar-refractivity contribution in [3.63, 3.8) is 0 Å². The highest BCUT2D eigenvalue weighted by Crippen LogP contribution is 2.17. The van der Waals surface area contributed by atoms with Gasteiger partial charge in [0.05, 0.1) is 11.0 Å². The maximum Gasteiger partial charge on any atom is 0.272 e. The minimum absolute atomic E-state index is 0.166. The summed E-state index contributed by atoms with van der Waals surface area (Å²) in [7, 11) is 0. The van der Waals surface area contributed by atoms with Gasteiger partial charge in [-0.25, -0.2) is 0 Å². The highest BCUT2D eigenvalue weighted by atomic mass is 16.2. The van der Waals surface area contributed by atoms with Gasteiger partial charge in [0.25, 0.3) is 5.91 Å². The molecule has 0 saturated carbocycles. The van der Waals surface area contributed by atoms with Crippen LogP contribution in [0.1, 0.15) is 16.9 Å². The van der Waals surface area contributed by atoms with Gasteiger partial charge in [0.2, 0.25) is 5.91 Å². The Morgan fingerprint density at radius 3 is 2.85 bits per heavy atom. The van der Waals surface area contributed by atoms with Gasteiger partial charge < -0.3 is 10.6 Å². The Bertz CT molecular complexity index is 1140. The summed E-state index contributed by atoms with van der Waals surface area (Å²) in [5, 5.41) is 14.1. The Hall–Kier alpha value is -3.74. The van der Waals surface area contributed by atoms with E-state index in [0.717, 1.165) is 21.8 Å². The smallest absolute Gasteiger partial charge is 0.272 e. The van der Waals surface area contributed by atoms with Crippen LogP contribution < -0.4 is 10.6 Å². The van der Waals surface area contributed by atoms with Crippen molar-refractivity contribution in [1.82, 2.24) is 20.5 Å². The molecule has 4 rings (SSSR count). The second-order valence-electron chi connectivity index (χ2n) is 6.08. The quantitative estimate of drug-likeness (QED) is 0.510. The average Bonchev–Trinajstić information content (AvgIpc) is 3.12. The zero-order valence-electron chi connectivity index (χ0n) is 14.4. The number of aromatic nitrogens is 3. The Morgan fingerprint density at radius 1 is 1.04 bits per heavy atom. The second kappa shape index (κ2) is 7.25. The molecular weight excluding hydrogens is 342 g/mol. The number of rotatable bonds is 5. The Kier molecular flexibility index (Phi) is 4.49. The minimum atomic E-state index is -0.308. The topological polar surface area (TPSA) is 99.8 Å². The van der Waals surface area contributed by atoms with Gasteiger partial charge in [-0.05, 0) is 30.3 Å². The summed E-state index contributed by atoms with van der Waals surface area (Å²) < 4.78 is 0. The SMILES string of the molecule is O=C(CCNC(=O)c1n[nH]c2ccccc12)Nc1ccc2ncccc2c1. The second-order valence-corrected chi connectivity index (χ2v) is 6.08. The van der Waals surface area contributed by atoms with Crippen molar-refractivity contribution in [3.05, 3.63) is 66.5 Å². The van der Waals surface area contributed by atoms with Gasteiger partial charge in [-0.15, -0.1) is 0 Å². The van der Waals surface area contributed by atoms with Gasteiger partial charge in [0.1, 0.15) is 0 Å². The molecule has 0 radical (unpaired) electrons. The highest BCUT2D eigenvalue weighted by Gasteiger charge is 2.13. The normalized spacial score (nSPS) is 10.8. The average molecular weight is 359 g/mol. The molecule has 7 heteroatoms. The van der Waals surface area contributed by atoms with E-state index in [1.807, 2.05) is 54.6 Å². The number of fused-ring (bicyclic) bond motifs is 2. The fraction of sp³-hybridized carbons (Fsp3) is 0.100. The summed E-state index contributed by atoms with van der Waals surface area (Å²) in [6.45, 7) is 0.223. The molecule has 0 unspecified atom stereocenters. The number of H-pyrrole nitrogens is 1. The number of aromatic amines is 1. The van der Waals surface area contributed by atoms with Crippen molar-refractivity contribution in [2.75, 3.05) is 11.9 Å². The fourth-order valence-electron chi connectivity index (χ4n) is 2.89. The molecule has 0 saturated heterocycles. The van der Waals surface area contributed by atoms with E-state index in [9.17, 15) is 9.59 Å². The van der Waals surface area contributed by atoms with E-state index in [0.29, 0.717) is 11.4 Å². The lowest BCUT2D eigenvalue weighted by Gasteiger charge is -2.07. The molecule has 0 atom stereocenters. The number of benzene rings is 2. The Labute approximate surface area is 154 Å². The number of hydrogen-bond acceptors (Lipinski definition) is 4. The molecule has 3 N–H and O–H groups in total. The van der Waals surface area contributed by atoms with Crippen LogP contribution in [0.5, 0.6) is 0 Å². The Balaban J connectivity index is 1.33. The third-order valence-corrected chi connectivity index (χ3v) is 4.21. The van der Waals surface area contributed by atoms with E-state index >= 15 is 0 Å². The van der Waals surface area contributed by atoms with Crippen LogP contribution in [0.25, 0.3) is 21.8 Å². The third kappa shape index (κ3) is 3.62. The number of amides is 2. The number of pyridine rings is 1. The maximum absolute atomic E-state index is 12.3. The van der Waals surface area contributed by atoms with Crippen LogP contribution in [-0.2, 0) is 4.79 Å². The molecule has 0 spiro atoms. The molecular formula is C20H17N5O2. The zero-order valence-corrected chi connectivity index (χ0v) is 14.4. The molecule has 2 aromatic carbocycles. The van der Waals surface area contributed by atoms with Gasteiger partial charge in [0.15, 0.2) is 5.69 Å². The monoisotopic (exact) mass is 359 g/mol. The largest absolute Gasteiger partial charge is 0.350 e. The lowest BCUT2D eigenvalue weighted by molar-refractivity contribution is -0.116. The summed E-state index contributed by atoms with van der Waals surface area (Å²) >= 11 is 0. The first-order chi connectivity index (χ1) is 13.2. The number of carbonyl (C=O) groups is 2. The molecule has 0 aliphatic rings. The van der Waals surface area contributed by atoms with Crippen molar-refractivity contribution < 1.29 is 9.59 Å². The van der Waals surface area contributed by atoms with Gasteiger partial charge in [-0.2, -0.15) is 5.10 Å². The first-order valence-electron chi connectivity index (χ1n) is 8.57. The third-order valence-electron chi connectivity index (χ3n) is 4.21. The number of hydrogen-bond donors (Lipinski definition) is 3. The van der Waals surface area contributed by atoms with Gasteiger partial charge in [0, 0.05) is 35.6 Å². The van der Waals surface area contributed by atoms with Crippen molar-refractivity contribution in [1.29, 1.82) is 0 Å². The number of para-hydroxylation sites is 1. The van der Waals surface area contributed by atoms with Gasteiger partial charge in [-0.3, -0.25) is 19.7 Å². The van der Waals surface area contributed by atoms with Crippen molar-refractivity contribution in [2.24, 2.45) is 0 Å². The van der Waals surface area contributed by atoms with E-state index in [-0.39, 0.29) is 24.8 Å². The molecule has 7 nitrogen and oxygen atoms in total. The molecule has 2 amide bonds. The van der Waals surface area contributed by atoms with Crippen molar-refractivity contribution in [2.45, 2.75) is 6.42 Å². The van der Waals surface area contributed by atoms with E-state index < -0.39 is 0 Å². The fourth-order valence-corrected chi connectivity index (χ4v) is 2.89. The predicted molar refractivity (Wildman–Crippen MR) is 103 cm³/mol. The van der Waals surface area contributed by atoms with E-state index in [1.165, 1.54) is 0 Å². The van der Waals surface area contributed by atoms with Crippen LogP contribution in [0, 0.1) is 0 Å². The van der Waals surface area contributed by atoms with Crippen LogP contribution in [0.3, 0.4) is 0 Å². The lowest BCUT2D eigenvalue weighted by atomic mass is 10.2. The summed E-state index contributed by atoms with van der Waals surface area (Å²) in [4.78, 5) is 28.7. The minimum Gasteiger partial charge on any atom is -0.350 e. The first-order valence-corrected chi connectivity index (χ1v) is 8.57. The summed E-state index contributed by atoms with van der Waals surface area (Å²) in [6.07, 6.45) is 1.89.